The SMILES string of the molecule is COc1ccc(C2(C(=O)O)CC2)c(OC(C)C)c1OC. The Morgan fingerprint density at radius 2 is 1.85 bits per heavy atom. The number of hydrogen-bond acceptors (Lipinski definition) is 4. The van der Waals surface area contributed by atoms with Gasteiger partial charge in [0.05, 0.1) is 25.7 Å². The average molecular weight is 280 g/mol. The van der Waals surface area contributed by atoms with E-state index in [0.29, 0.717) is 35.7 Å². The van der Waals surface area contributed by atoms with E-state index in [4.69, 9.17) is 14.2 Å². The molecule has 0 aromatic heterocycles. The van der Waals surface area contributed by atoms with Gasteiger partial charge in [0.1, 0.15) is 0 Å². The Morgan fingerprint density at radius 3 is 2.25 bits per heavy atom. The van der Waals surface area contributed by atoms with Crippen molar-refractivity contribution < 1.29 is 24.1 Å². The Kier molecular flexibility index (Phi) is 3.79. The van der Waals surface area contributed by atoms with Crippen LogP contribution in [0.5, 0.6) is 17.2 Å². The van der Waals surface area contributed by atoms with Gasteiger partial charge >= 0.3 is 5.97 Å². The molecule has 20 heavy (non-hydrogen) atoms. The molecule has 0 unspecified atom stereocenters. The number of methoxy groups -OCH3 is 2. The summed E-state index contributed by atoms with van der Waals surface area (Å²) in [5.74, 6) is 0.638. The number of aliphatic carboxylic acids is 1. The van der Waals surface area contributed by atoms with Gasteiger partial charge in [-0.1, -0.05) is 6.07 Å². The first-order valence-electron chi connectivity index (χ1n) is 6.61. The van der Waals surface area contributed by atoms with Gasteiger partial charge in [0.25, 0.3) is 0 Å². The van der Waals surface area contributed by atoms with E-state index in [9.17, 15) is 9.90 Å². The third kappa shape index (κ3) is 2.28. The number of benzene rings is 1. The number of carboxylic acids is 1. The first-order chi connectivity index (χ1) is 9.46. The molecule has 0 aliphatic heterocycles. The summed E-state index contributed by atoms with van der Waals surface area (Å²) in [6, 6.07) is 3.49. The van der Waals surface area contributed by atoms with Crippen LogP contribution in [0, 0.1) is 0 Å². The molecule has 1 saturated carbocycles. The van der Waals surface area contributed by atoms with Crippen LogP contribution in [-0.4, -0.2) is 31.4 Å². The molecular weight excluding hydrogens is 260 g/mol. The van der Waals surface area contributed by atoms with E-state index >= 15 is 0 Å². The van der Waals surface area contributed by atoms with Crippen molar-refractivity contribution in [1.82, 2.24) is 0 Å². The van der Waals surface area contributed by atoms with E-state index < -0.39 is 11.4 Å². The standard InChI is InChI=1S/C15H20O5/c1-9(2)20-12-10(15(7-8-15)14(16)17)5-6-11(18-3)13(12)19-4/h5-6,9H,7-8H2,1-4H3,(H,16,17). The van der Waals surface area contributed by atoms with Gasteiger partial charge in [-0.25, -0.2) is 0 Å². The minimum Gasteiger partial charge on any atom is -0.493 e. The Labute approximate surface area is 118 Å². The topological polar surface area (TPSA) is 65.0 Å². The molecule has 0 saturated heterocycles. The van der Waals surface area contributed by atoms with Gasteiger partial charge in [-0.05, 0) is 32.8 Å². The first-order valence-corrected chi connectivity index (χ1v) is 6.61. The molecule has 2 rings (SSSR count). The van der Waals surface area contributed by atoms with E-state index in [1.807, 2.05) is 13.8 Å². The summed E-state index contributed by atoms with van der Waals surface area (Å²) >= 11 is 0. The third-order valence-electron chi connectivity index (χ3n) is 3.53. The molecule has 110 valence electrons. The van der Waals surface area contributed by atoms with Gasteiger partial charge in [-0.15, -0.1) is 0 Å². The molecular formula is C15H20O5. The summed E-state index contributed by atoms with van der Waals surface area (Å²) in [6.45, 7) is 3.78. The van der Waals surface area contributed by atoms with E-state index in [2.05, 4.69) is 0 Å². The van der Waals surface area contributed by atoms with Crippen LogP contribution in [-0.2, 0) is 10.2 Å². The average Bonchev–Trinajstić information content (AvgIpc) is 3.18. The second kappa shape index (κ2) is 5.23. The number of carboxylic acid groups (broad SMARTS) is 1. The van der Waals surface area contributed by atoms with Crippen LogP contribution in [0.1, 0.15) is 32.3 Å². The highest BCUT2D eigenvalue weighted by molar-refractivity contribution is 5.86. The second-order valence-corrected chi connectivity index (χ2v) is 5.23. The molecule has 0 bridgehead atoms. The van der Waals surface area contributed by atoms with Gasteiger partial charge < -0.3 is 19.3 Å². The van der Waals surface area contributed by atoms with Gasteiger partial charge in [0.2, 0.25) is 5.75 Å². The predicted molar refractivity (Wildman–Crippen MR) is 73.9 cm³/mol. The van der Waals surface area contributed by atoms with Crippen LogP contribution in [0.15, 0.2) is 12.1 Å². The quantitative estimate of drug-likeness (QED) is 0.867. The molecule has 1 aromatic carbocycles. The van der Waals surface area contributed by atoms with E-state index in [1.165, 1.54) is 7.11 Å². The molecule has 0 spiro atoms. The molecule has 1 aliphatic rings. The van der Waals surface area contributed by atoms with Crippen LogP contribution >= 0.6 is 0 Å². The monoisotopic (exact) mass is 280 g/mol. The predicted octanol–water partition coefficient (Wildman–Crippen LogP) is 2.61. The van der Waals surface area contributed by atoms with Crippen molar-refractivity contribution in [2.24, 2.45) is 0 Å². The highest BCUT2D eigenvalue weighted by Crippen LogP contribution is 2.55. The summed E-state index contributed by atoms with van der Waals surface area (Å²) in [5, 5.41) is 9.48. The maximum Gasteiger partial charge on any atom is 0.314 e. The summed E-state index contributed by atoms with van der Waals surface area (Å²) in [5.41, 5.74) is -0.180. The molecule has 1 aliphatic carbocycles. The lowest BCUT2D eigenvalue weighted by Crippen LogP contribution is -2.22. The van der Waals surface area contributed by atoms with Crippen molar-refractivity contribution in [2.45, 2.75) is 38.2 Å². The fraction of sp³-hybridized carbons (Fsp3) is 0.533. The highest BCUT2D eigenvalue weighted by Gasteiger charge is 2.54. The fourth-order valence-corrected chi connectivity index (χ4v) is 2.35. The Hall–Kier alpha value is -1.91. The van der Waals surface area contributed by atoms with E-state index in [-0.39, 0.29) is 6.10 Å². The van der Waals surface area contributed by atoms with Crippen molar-refractivity contribution >= 4 is 5.97 Å². The molecule has 5 nitrogen and oxygen atoms in total. The molecule has 1 N–H and O–H groups in total. The smallest absolute Gasteiger partial charge is 0.314 e. The molecule has 5 heteroatoms. The molecule has 0 heterocycles. The molecule has 0 amide bonds. The summed E-state index contributed by atoms with van der Waals surface area (Å²) < 4.78 is 16.4. The highest BCUT2D eigenvalue weighted by atomic mass is 16.5. The second-order valence-electron chi connectivity index (χ2n) is 5.23. The van der Waals surface area contributed by atoms with Crippen molar-refractivity contribution in [2.75, 3.05) is 14.2 Å². The number of carbonyl (C=O) groups is 1. The summed E-state index contributed by atoms with van der Waals surface area (Å²) in [4.78, 5) is 11.5. The maximum absolute atomic E-state index is 11.5. The zero-order chi connectivity index (χ0) is 14.9. The normalized spacial score (nSPS) is 15.8. The summed E-state index contributed by atoms with van der Waals surface area (Å²) in [6.07, 6.45) is 1.15. The molecule has 1 aromatic rings. The van der Waals surface area contributed by atoms with Crippen molar-refractivity contribution in [3.05, 3.63) is 17.7 Å². The lowest BCUT2D eigenvalue weighted by Gasteiger charge is -2.22. The van der Waals surface area contributed by atoms with Crippen molar-refractivity contribution in [1.29, 1.82) is 0 Å². The lowest BCUT2D eigenvalue weighted by molar-refractivity contribution is -0.140. The zero-order valence-corrected chi connectivity index (χ0v) is 12.2. The Morgan fingerprint density at radius 1 is 1.20 bits per heavy atom. The number of hydrogen-bond donors (Lipinski definition) is 1. The van der Waals surface area contributed by atoms with Crippen molar-refractivity contribution in [3.8, 4) is 17.2 Å². The molecule has 1 fully saturated rings. The number of rotatable bonds is 6. The van der Waals surface area contributed by atoms with Crippen LogP contribution < -0.4 is 14.2 Å². The Bertz CT molecular complexity index is 517. The van der Waals surface area contributed by atoms with Crippen LogP contribution in [0.4, 0.5) is 0 Å². The van der Waals surface area contributed by atoms with Crippen molar-refractivity contribution in [3.63, 3.8) is 0 Å². The summed E-state index contributed by atoms with van der Waals surface area (Å²) in [7, 11) is 3.07. The first kappa shape index (κ1) is 14.5. The minimum absolute atomic E-state index is 0.0839. The maximum atomic E-state index is 11.5. The van der Waals surface area contributed by atoms with E-state index in [1.54, 1.807) is 19.2 Å². The minimum atomic E-state index is -0.843. The number of ether oxygens (including phenoxy) is 3. The van der Waals surface area contributed by atoms with Crippen LogP contribution in [0.25, 0.3) is 0 Å². The zero-order valence-electron chi connectivity index (χ0n) is 12.2. The molecule has 0 atom stereocenters. The lowest BCUT2D eigenvalue weighted by atomic mass is 9.94. The Balaban J connectivity index is 2.59. The van der Waals surface area contributed by atoms with Crippen LogP contribution in [0.2, 0.25) is 0 Å². The van der Waals surface area contributed by atoms with Gasteiger partial charge in [-0.2, -0.15) is 0 Å². The van der Waals surface area contributed by atoms with E-state index in [0.717, 1.165) is 0 Å². The largest absolute Gasteiger partial charge is 0.493 e. The van der Waals surface area contributed by atoms with Gasteiger partial charge in [0.15, 0.2) is 11.5 Å². The van der Waals surface area contributed by atoms with Gasteiger partial charge in [0, 0.05) is 5.56 Å². The third-order valence-corrected chi connectivity index (χ3v) is 3.53. The fourth-order valence-electron chi connectivity index (χ4n) is 2.35. The van der Waals surface area contributed by atoms with Crippen LogP contribution in [0.3, 0.4) is 0 Å². The molecule has 0 radical (unpaired) electrons. The van der Waals surface area contributed by atoms with Gasteiger partial charge in [-0.3, -0.25) is 4.79 Å².